The van der Waals surface area contributed by atoms with Crippen LogP contribution in [0, 0.1) is 20.8 Å². The van der Waals surface area contributed by atoms with Crippen molar-refractivity contribution in [2.24, 2.45) is 0 Å². The van der Waals surface area contributed by atoms with Crippen LogP contribution in [0.1, 0.15) is 40.6 Å². The van der Waals surface area contributed by atoms with Gasteiger partial charge >= 0.3 is 5.97 Å². The molecule has 0 spiro atoms. The summed E-state index contributed by atoms with van der Waals surface area (Å²) in [5, 5.41) is 7.03. The summed E-state index contributed by atoms with van der Waals surface area (Å²) in [6.07, 6.45) is 0.799. The normalized spacial score (nSPS) is 11.8. The lowest BCUT2D eigenvalue weighted by molar-refractivity contribution is -0.154. The molecule has 1 unspecified atom stereocenters. The molecule has 2 aromatic carbocycles. The lowest BCUT2D eigenvalue weighted by atomic mass is 10.1. The summed E-state index contributed by atoms with van der Waals surface area (Å²) in [6, 6.07) is 14.4. The topological polar surface area (TPSA) is 108 Å². The number of amides is 1. The summed E-state index contributed by atoms with van der Waals surface area (Å²) in [4.78, 5) is 34.7. The lowest BCUT2D eigenvalue weighted by Crippen LogP contribution is -2.26. The molecule has 2 aromatic heterocycles. The molecule has 1 amide bonds. The van der Waals surface area contributed by atoms with E-state index < -0.39 is 18.0 Å². The predicted molar refractivity (Wildman–Crippen MR) is 130 cm³/mol. The van der Waals surface area contributed by atoms with E-state index in [1.807, 2.05) is 32.9 Å². The number of benzene rings is 2. The zero-order valence-electron chi connectivity index (χ0n) is 20.1. The zero-order valence-corrected chi connectivity index (χ0v) is 20.1. The maximum atomic E-state index is 13.3. The molecule has 0 radical (unpaired) electrons. The van der Waals surface area contributed by atoms with E-state index in [1.54, 1.807) is 40.9 Å². The SMILES string of the molecule is COc1ccc(C)cc1NC(=O)C(OC(=O)CCc1c(C)nc2ncnn2c1C)c1ccccc1. The van der Waals surface area contributed by atoms with Gasteiger partial charge < -0.3 is 14.8 Å². The summed E-state index contributed by atoms with van der Waals surface area (Å²) in [6.45, 7) is 5.70. The van der Waals surface area contributed by atoms with Gasteiger partial charge in [-0.1, -0.05) is 36.4 Å². The summed E-state index contributed by atoms with van der Waals surface area (Å²) >= 11 is 0. The Bertz CT molecular complexity index is 1370. The first-order valence-electron chi connectivity index (χ1n) is 11.2. The van der Waals surface area contributed by atoms with E-state index in [9.17, 15) is 9.59 Å². The van der Waals surface area contributed by atoms with E-state index in [-0.39, 0.29) is 6.42 Å². The van der Waals surface area contributed by atoms with Crippen molar-refractivity contribution < 1.29 is 19.1 Å². The van der Waals surface area contributed by atoms with E-state index in [4.69, 9.17) is 9.47 Å². The van der Waals surface area contributed by atoms with Gasteiger partial charge in [0.15, 0.2) is 0 Å². The maximum Gasteiger partial charge on any atom is 0.307 e. The number of aromatic nitrogens is 4. The van der Waals surface area contributed by atoms with Gasteiger partial charge in [0.05, 0.1) is 12.8 Å². The number of carbonyl (C=O) groups excluding carboxylic acids is 2. The Labute approximate surface area is 203 Å². The number of ether oxygens (including phenoxy) is 2. The van der Waals surface area contributed by atoms with Crippen LogP contribution in [0.5, 0.6) is 5.75 Å². The number of nitrogens with zero attached hydrogens (tertiary/aromatic N) is 4. The van der Waals surface area contributed by atoms with Crippen molar-refractivity contribution in [1.29, 1.82) is 0 Å². The molecule has 4 aromatic rings. The first kappa shape index (κ1) is 23.9. The van der Waals surface area contributed by atoms with Gasteiger partial charge in [-0.05, 0) is 50.5 Å². The Morgan fingerprint density at radius 1 is 1.09 bits per heavy atom. The number of methoxy groups -OCH3 is 1. The highest BCUT2D eigenvalue weighted by Gasteiger charge is 2.26. The number of carbonyl (C=O) groups is 2. The molecule has 35 heavy (non-hydrogen) atoms. The second kappa shape index (κ2) is 10.3. The number of anilines is 1. The van der Waals surface area contributed by atoms with Crippen molar-refractivity contribution in [2.45, 2.75) is 39.7 Å². The summed E-state index contributed by atoms with van der Waals surface area (Å²) < 4.78 is 12.7. The van der Waals surface area contributed by atoms with Crippen molar-refractivity contribution in [3.63, 3.8) is 0 Å². The molecule has 4 rings (SSSR count). The fourth-order valence-electron chi connectivity index (χ4n) is 3.95. The van der Waals surface area contributed by atoms with Crippen LogP contribution in [0.4, 0.5) is 5.69 Å². The van der Waals surface area contributed by atoms with E-state index >= 15 is 0 Å². The Hall–Kier alpha value is -4.27. The van der Waals surface area contributed by atoms with Crippen molar-refractivity contribution in [3.05, 3.63) is 82.9 Å². The second-order valence-electron chi connectivity index (χ2n) is 8.21. The van der Waals surface area contributed by atoms with Crippen molar-refractivity contribution in [2.75, 3.05) is 12.4 Å². The highest BCUT2D eigenvalue weighted by Crippen LogP contribution is 2.28. The molecule has 0 bridgehead atoms. The molecular formula is C26H27N5O4. The smallest absolute Gasteiger partial charge is 0.307 e. The van der Waals surface area contributed by atoms with Crippen LogP contribution in [-0.4, -0.2) is 38.6 Å². The molecule has 1 atom stereocenters. The highest BCUT2D eigenvalue weighted by atomic mass is 16.5. The second-order valence-corrected chi connectivity index (χ2v) is 8.21. The molecular weight excluding hydrogens is 446 g/mol. The molecule has 0 saturated heterocycles. The third-order valence-corrected chi connectivity index (χ3v) is 5.77. The highest BCUT2D eigenvalue weighted by molar-refractivity contribution is 5.97. The van der Waals surface area contributed by atoms with Crippen LogP contribution in [0.3, 0.4) is 0 Å². The Morgan fingerprint density at radius 3 is 2.60 bits per heavy atom. The van der Waals surface area contributed by atoms with E-state index in [0.29, 0.717) is 29.2 Å². The largest absolute Gasteiger partial charge is 0.495 e. The van der Waals surface area contributed by atoms with Gasteiger partial charge in [-0.15, -0.1) is 0 Å². The summed E-state index contributed by atoms with van der Waals surface area (Å²) in [5.74, 6) is 0.0666. The first-order chi connectivity index (χ1) is 16.9. The fraction of sp³-hybridized carbons (Fsp3) is 0.269. The molecule has 0 fully saturated rings. The standard InChI is InChI=1S/C26H27N5O4/c1-16-10-12-22(34-4)21(14-16)30-25(33)24(19-8-6-5-7-9-19)35-23(32)13-11-20-17(2)29-26-27-15-28-31(26)18(20)3/h5-10,12,14-15,24H,11,13H2,1-4H3,(H,30,33). The monoisotopic (exact) mass is 473 g/mol. The number of fused-ring (bicyclic) bond motifs is 1. The molecule has 2 heterocycles. The summed E-state index contributed by atoms with van der Waals surface area (Å²) in [5.41, 5.74) is 4.57. The molecule has 0 aliphatic carbocycles. The van der Waals surface area contributed by atoms with Crippen LogP contribution >= 0.6 is 0 Å². The third kappa shape index (κ3) is 5.29. The number of esters is 1. The molecule has 0 aliphatic heterocycles. The fourth-order valence-corrected chi connectivity index (χ4v) is 3.95. The molecule has 0 saturated carbocycles. The van der Waals surface area contributed by atoms with Crippen LogP contribution < -0.4 is 10.1 Å². The molecule has 0 aliphatic rings. The maximum absolute atomic E-state index is 13.3. The van der Waals surface area contributed by atoms with Crippen LogP contribution in [-0.2, 0) is 20.7 Å². The van der Waals surface area contributed by atoms with Crippen LogP contribution in [0.2, 0.25) is 0 Å². The van der Waals surface area contributed by atoms with Crippen LogP contribution in [0.25, 0.3) is 5.78 Å². The number of hydrogen-bond acceptors (Lipinski definition) is 7. The Balaban J connectivity index is 1.52. The van der Waals surface area contributed by atoms with E-state index in [1.165, 1.54) is 13.4 Å². The van der Waals surface area contributed by atoms with Crippen molar-refractivity contribution >= 4 is 23.3 Å². The third-order valence-electron chi connectivity index (χ3n) is 5.77. The number of nitrogens with one attached hydrogen (secondary N) is 1. The van der Waals surface area contributed by atoms with Gasteiger partial charge in [0, 0.05) is 23.4 Å². The first-order valence-corrected chi connectivity index (χ1v) is 11.2. The van der Waals surface area contributed by atoms with Gasteiger partial charge in [-0.2, -0.15) is 10.1 Å². The summed E-state index contributed by atoms with van der Waals surface area (Å²) in [7, 11) is 1.53. The van der Waals surface area contributed by atoms with Crippen molar-refractivity contribution in [1.82, 2.24) is 19.6 Å². The Kier molecular flexibility index (Phi) is 7.05. The number of aryl methyl sites for hydroxylation is 3. The molecule has 9 nitrogen and oxygen atoms in total. The number of hydrogen-bond donors (Lipinski definition) is 1. The molecule has 9 heteroatoms. The predicted octanol–water partition coefficient (Wildman–Crippen LogP) is 3.91. The van der Waals surface area contributed by atoms with Gasteiger partial charge in [0.2, 0.25) is 6.10 Å². The van der Waals surface area contributed by atoms with E-state index in [0.717, 1.165) is 22.5 Å². The van der Waals surface area contributed by atoms with Gasteiger partial charge in [0.1, 0.15) is 12.1 Å². The molecule has 1 N–H and O–H groups in total. The zero-order chi connectivity index (χ0) is 24.9. The minimum atomic E-state index is -1.12. The van der Waals surface area contributed by atoms with Gasteiger partial charge in [-0.3, -0.25) is 9.59 Å². The molecule has 180 valence electrons. The average Bonchev–Trinajstić information content (AvgIpc) is 3.31. The van der Waals surface area contributed by atoms with Gasteiger partial charge in [0.25, 0.3) is 11.7 Å². The minimum absolute atomic E-state index is 0.0773. The quantitative estimate of drug-likeness (QED) is 0.387. The van der Waals surface area contributed by atoms with Gasteiger partial charge in [-0.25, -0.2) is 9.50 Å². The minimum Gasteiger partial charge on any atom is -0.495 e. The van der Waals surface area contributed by atoms with Crippen LogP contribution in [0.15, 0.2) is 54.9 Å². The lowest BCUT2D eigenvalue weighted by Gasteiger charge is -2.19. The van der Waals surface area contributed by atoms with Crippen molar-refractivity contribution in [3.8, 4) is 5.75 Å². The number of rotatable bonds is 8. The van der Waals surface area contributed by atoms with E-state index in [2.05, 4.69) is 20.4 Å². The Morgan fingerprint density at radius 2 is 1.86 bits per heavy atom. The average molecular weight is 474 g/mol.